The molecular weight excluding hydrogens is 326 g/mol. The number of para-hydroxylation sites is 1. The van der Waals surface area contributed by atoms with Gasteiger partial charge in [-0.1, -0.05) is 39.0 Å². The van der Waals surface area contributed by atoms with Gasteiger partial charge in [0.2, 0.25) is 11.8 Å². The molecule has 5 heteroatoms. The van der Waals surface area contributed by atoms with Gasteiger partial charge in [0.15, 0.2) is 0 Å². The van der Waals surface area contributed by atoms with Crippen LogP contribution in [0.5, 0.6) is 0 Å². The fourth-order valence-electron chi connectivity index (χ4n) is 4.45. The first-order chi connectivity index (χ1) is 12.5. The molecule has 5 nitrogen and oxygen atoms in total. The number of piperidine rings is 1. The highest BCUT2D eigenvalue weighted by Crippen LogP contribution is 2.25. The Morgan fingerprint density at radius 3 is 2.42 bits per heavy atom. The molecular formula is C21H31N3O2. The minimum absolute atomic E-state index is 0.117. The van der Waals surface area contributed by atoms with Crippen LogP contribution < -0.4 is 4.90 Å². The summed E-state index contributed by atoms with van der Waals surface area (Å²) in [5.74, 6) is 1.39. The third kappa shape index (κ3) is 4.09. The summed E-state index contributed by atoms with van der Waals surface area (Å²) in [6.45, 7) is 9.92. The van der Waals surface area contributed by atoms with Crippen molar-refractivity contribution in [1.82, 2.24) is 9.80 Å². The lowest BCUT2D eigenvalue weighted by atomic mass is 9.92. The molecule has 2 aliphatic rings. The molecule has 0 radical (unpaired) electrons. The number of rotatable bonds is 5. The minimum atomic E-state index is -0.191. The Morgan fingerprint density at radius 2 is 1.81 bits per heavy atom. The Bertz CT molecular complexity index is 623. The van der Waals surface area contributed by atoms with Crippen molar-refractivity contribution >= 4 is 17.5 Å². The van der Waals surface area contributed by atoms with Crippen molar-refractivity contribution < 1.29 is 9.59 Å². The van der Waals surface area contributed by atoms with Gasteiger partial charge in [0.1, 0.15) is 0 Å². The molecule has 2 heterocycles. The molecule has 0 saturated carbocycles. The van der Waals surface area contributed by atoms with Crippen molar-refractivity contribution in [3.8, 4) is 0 Å². The number of carbonyl (C=O) groups excluding carboxylic acids is 2. The fraction of sp³-hybridized carbons (Fsp3) is 0.619. The smallest absolute Gasteiger partial charge is 0.244 e. The Morgan fingerprint density at radius 1 is 1.15 bits per heavy atom. The second-order valence-electron chi connectivity index (χ2n) is 7.94. The lowest BCUT2D eigenvalue weighted by Gasteiger charge is -2.36. The average molecular weight is 357 g/mol. The van der Waals surface area contributed by atoms with E-state index in [1.165, 1.54) is 6.42 Å². The number of hydrogen-bond acceptors (Lipinski definition) is 3. The Kier molecular flexibility index (Phi) is 5.97. The maximum Gasteiger partial charge on any atom is 0.244 e. The normalized spacial score (nSPS) is 26.6. The monoisotopic (exact) mass is 357 g/mol. The number of likely N-dealkylation sites (N-methyl/N-ethyl adjacent to an activating group) is 1. The zero-order chi connectivity index (χ0) is 18.7. The summed E-state index contributed by atoms with van der Waals surface area (Å²) in [6, 6.07) is 9.62. The molecule has 0 spiro atoms. The van der Waals surface area contributed by atoms with E-state index >= 15 is 0 Å². The molecule has 2 amide bonds. The lowest BCUT2D eigenvalue weighted by Crippen LogP contribution is -2.50. The maximum atomic E-state index is 12.9. The molecule has 26 heavy (non-hydrogen) atoms. The van der Waals surface area contributed by atoms with Gasteiger partial charge in [0.05, 0.1) is 12.6 Å². The van der Waals surface area contributed by atoms with E-state index in [1.54, 1.807) is 0 Å². The van der Waals surface area contributed by atoms with Gasteiger partial charge in [-0.25, -0.2) is 0 Å². The van der Waals surface area contributed by atoms with E-state index in [0.717, 1.165) is 31.7 Å². The van der Waals surface area contributed by atoms with Gasteiger partial charge in [0, 0.05) is 25.3 Å². The largest absolute Gasteiger partial charge is 0.341 e. The standard InChI is InChI=1S/C21H31N3O2/c1-4-22(15-20(25)23-13-16(2)12-17(3)14-23)19-10-11-24(21(19)26)18-8-6-5-7-9-18/h5-9,16-17,19H,4,10-15H2,1-3H3. The van der Waals surface area contributed by atoms with Gasteiger partial charge in [-0.2, -0.15) is 0 Å². The predicted octanol–water partition coefficient (Wildman–Crippen LogP) is 2.62. The van der Waals surface area contributed by atoms with Crippen molar-refractivity contribution in [2.24, 2.45) is 11.8 Å². The molecule has 2 fully saturated rings. The van der Waals surface area contributed by atoms with E-state index in [-0.39, 0.29) is 17.9 Å². The van der Waals surface area contributed by atoms with Crippen molar-refractivity contribution in [3.05, 3.63) is 30.3 Å². The zero-order valence-corrected chi connectivity index (χ0v) is 16.2. The third-order valence-electron chi connectivity index (χ3n) is 5.65. The fourth-order valence-corrected chi connectivity index (χ4v) is 4.45. The second-order valence-corrected chi connectivity index (χ2v) is 7.94. The Hall–Kier alpha value is -1.88. The van der Waals surface area contributed by atoms with Crippen LogP contribution in [-0.2, 0) is 9.59 Å². The molecule has 142 valence electrons. The number of amides is 2. The van der Waals surface area contributed by atoms with Crippen LogP contribution in [0.2, 0.25) is 0 Å². The van der Waals surface area contributed by atoms with Crippen LogP contribution in [0.1, 0.15) is 33.6 Å². The van der Waals surface area contributed by atoms with Gasteiger partial charge < -0.3 is 9.80 Å². The van der Waals surface area contributed by atoms with E-state index in [0.29, 0.717) is 24.9 Å². The summed E-state index contributed by atoms with van der Waals surface area (Å²) in [5, 5.41) is 0. The zero-order valence-electron chi connectivity index (χ0n) is 16.2. The average Bonchev–Trinajstić information content (AvgIpc) is 3.00. The number of nitrogens with zero attached hydrogens (tertiary/aromatic N) is 3. The highest BCUT2D eigenvalue weighted by Gasteiger charge is 2.37. The summed E-state index contributed by atoms with van der Waals surface area (Å²) in [6.07, 6.45) is 1.97. The molecule has 3 atom stereocenters. The highest BCUT2D eigenvalue weighted by atomic mass is 16.2. The van der Waals surface area contributed by atoms with E-state index in [2.05, 4.69) is 18.7 Å². The van der Waals surface area contributed by atoms with Gasteiger partial charge >= 0.3 is 0 Å². The second kappa shape index (κ2) is 8.21. The summed E-state index contributed by atoms with van der Waals surface area (Å²) >= 11 is 0. The molecule has 3 rings (SSSR count). The number of benzene rings is 1. The number of hydrogen-bond donors (Lipinski definition) is 0. The van der Waals surface area contributed by atoms with Crippen LogP contribution in [0.15, 0.2) is 30.3 Å². The molecule has 1 aromatic rings. The third-order valence-corrected chi connectivity index (χ3v) is 5.65. The quantitative estimate of drug-likeness (QED) is 0.814. The van der Waals surface area contributed by atoms with E-state index in [9.17, 15) is 9.59 Å². The van der Waals surface area contributed by atoms with E-state index in [1.807, 2.05) is 47.1 Å². The maximum absolute atomic E-state index is 12.9. The van der Waals surface area contributed by atoms with E-state index < -0.39 is 0 Å². The van der Waals surface area contributed by atoms with Gasteiger partial charge in [-0.05, 0) is 43.4 Å². The molecule has 0 aromatic heterocycles. The summed E-state index contributed by atoms with van der Waals surface area (Å²) in [7, 11) is 0. The van der Waals surface area contributed by atoms with Crippen molar-refractivity contribution in [1.29, 1.82) is 0 Å². The van der Waals surface area contributed by atoms with Crippen LogP contribution in [-0.4, -0.2) is 60.4 Å². The molecule has 3 unspecified atom stereocenters. The minimum Gasteiger partial charge on any atom is -0.341 e. The summed E-state index contributed by atoms with van der Waals surface area (Å²) < 4.78 is 0. The molecule has 2 saturated heterocycles. The summed E-state index contributed by atoms with van der Waals surface area (Å²) in [5.41, 5.74) is 0.945. The van der Waals surface area contributed by atoms with Crippen LogP contribution in [0.3, 0.4) is 0 Å². The van der Waals surface area contributed by atoms with Crippen molar-refractivity contribution in [2.45, 2.75) is 39.7 Å². The molecule has 0 aliphatic carbocycles. The summed E-state index contributed by atoms with van der Waals surface area (Å²) in [4.78, 5) is 31.7. The van der Waals surface area contributed by atoms with Gasteiger partial charge in [-0.15, -0.1) is 0 Å². The Labute approximate surface area is 156 Å². The topological polar surface area (TPSA) is 43.9 Å². The van der Waals surface area contributed by atoms with E-state index in [4.69, 9.17) is 0 Å². The highest BCUT2D eigenvalue weighted by molar-refractivity contribution is 5.99. The lowest BCUT2D eigenvalue weighted by molar-refractivity contribution is -0.136. The van der Waals surface area contributed by atoms with Crippen LogP contribution in [0.25, 0.3) is 0 Å². The van der Waals surface area contributed by atoms with Gasteiger partial charge in [-0.3, -0.25) is 14.5 Å². The van der Waals surface area contributed by atoms with Crippen molar-refractivity contribution in [2.75, 3.05) is 37.6 Å². The van der Waals surface area contributed by atoms with Crippen LogP contribution in [0, 0.1) is 11.8 Å². The predicted molar refractivity (Wildman–Crippen MR) is 104 cm³/mol. The van der Waals surface area contributed by atoms with Crippen LogP contribution in [0.4, 0.5) is 5.69 Å². The van der Waals surface area contributed by atoms with Crippen LogP contribution >= 0.6 is 0 Å². The first-order valence-corrected chi connectivity index (χ1v) is 9.87. The molecule has 2 aliphatic heterocycles. The molecule has 0 N–H and O–H groups in total. The number of likely N-dealkylation sites (tertiary alicyclic amines) is 1. The Balaban J connectivity index is 1.64. The molecule has 0 bridgehead atoms. The SMILES string of the molecule is CCN(CC(=O)N1CC(C)CC(C)C1)C1CCN(c2ccccc2)C1=O. The number of anilines is 1. The molecule has 1 aromatic carbocycles. The van der Waals surface area contributed by atoms with Gasteiger partial charge in [0.25, 0.3) is 0 Å². The number of carbonyl (C=O) groups is 2. The first-order valence-electron chi connectivity index (χ1n) is 9.87. The first kappa shape index (κ1) is 18.9. The van der Waals surface area contributed by atoms with Crippen molar-refractivity contribution in [3.63, 3.8) is 0 Å².